The minimum Gasteiger partial charge on any atom is -0.482 e. The SMILES string of the molecule is CN1C(=O)COc2ccc(C(=O)ON3C(=O)c4ccccc4C3=O)cc21. The van der Waals surface area contributed by atoms with Crippen LogP contribution in [-0.2, 0) is 9.63 Å². The van der Waals surface area contributed by atoms with Crippen molar-refractivity contribution in [2.45, 2.75) is 0 Å². The van der Waals surface area contributed by atoms with Crippen LogP contribution in [0.25, 0.3) is 0 Å². The van der Waals surface area contributed by atoms with Crippen molar-refractivity contribution in [3.05, 3.63) is 59.2 Å². The summed E-state index contributed by atoms with van der Waals surface area (Å²) in [5.74, 6) is -2.11. The van der Waals surface area contributed by atoms with E-state index in [4.69, 9.17) is 9.57 Å². The molecular formula is C18H12N2O6. The number of hydrogen-bond donors (Lipinski definition) is 0. The zero-order valence-corrected chi connectivity index (χ0v) is 13.6. The number of imide groups is 1. The third kappa shape index (κ3) is 2.31. The number of nitrogens with zero attached hydrogens (tertiary/aromatic N) is 2. The van der Waals surface area contributed by atoms with Crippen molar-refractivity contribution in [2.75, 3.05) is 18.6 Å². The Balaban J connectivity index is 1.59. The van der Waals surface area contributed by atoms with Crippen molar-refractivity contribution in [3.8, 4) is 5.75 Å². The van der Waals surface area contributed by atoms with Gasteiger partial charge in [-0.3, -0.25) is 14.4 Å². The molecule has 0 N–H and O–H groups in total. The zero-order chi connectivity index (χ0) is 18.4. The molecule has 0 spiro atoms. The summed E-state index contributed by atoms with van der Waals surface area (Å²) in [6, 6.07) is 10.6. The van der Waals surface area contributed by atoms with Gasteiger partial charge in [0.15, 0.2) is 6.61 Å². The standard InChI is InChI=1S/C18H12N2O6/c1-19-13-8-10(6-7-14(13)25-9-15(19)21)18(24)26-20-16(22)11-4-2-3-5-12(11)17(20)23/h2-8H,9H2,1H3. The molecule has 8 nitrogen and oxygen atoms in total. The summed E-state index contributed by atoms with van der Waals surface area (Å²) in [6.45, 7) is -0.0810. The quantitative estimate of drug-likeness (QED) is 0.759. The van der Waals surface area contributed by atoms with Gasteiger partial charge < -0.3 is 14.5 Å². The first-order chi connectivity index (χ1) is 12.5. The van der Waals surface area contributed by atoms with E-state index >= 15 is 0 Å². The molecule has 0 unspecified atom stereocenters. The lowest BCUT2D eigenvalue weighted by molar-refractivity contribution is -0.121. The predicted molar refractivity (Wildman–Crippen MR) is 87.7 cm³/mol. The van der Waals surface area contributed by atoms with E-state index in [0.29, 0.717) is 16.5 Å². The van der Waals surface area contributed by atoms with E-state index in [0.717, 1.165) is 0 Å². The molecule has 2 aliphatic rings. The number of rotatable bonds is 2. The highest BCUT2D eigenvalue weighted by Gasteiger charge is 2.39. The molecule has 0 aliphatic carbocycles. The lowest BCUT2D eigenvalue weighted by Crippen LogP contribution is -2.36. The Morgan fingerprint density at radius 3 is 2.35 bits per heavy atom. The van der Waals surface area contributed by atoms with Gasteiger partial charge in [0.2, 0.25) is 0 Å². The number of benzene rings is 2. The largest absolute Gasteiger partial charge is 0.482 e. The van der Waals surface area contributed by atoms with Crippen LogP contribution in [0.2, 0.25) is 0 Å². The lowest BCUT2D eigenvalue weighted by atomic mass is 10.1. The molecule has 3 amide bonds. The smallest absolute Gasteiger partial charge is 0.364 e. The first-order valence-electron chi connectivity index (χ1n) is 7.71. The van der Waals surface area contributed by atoms with Gasteiger partial charge in [0.05, 0.1) is 22.4 Å². The van der Waals surface area contributed by atoms with Gasteiger partial charge in [-0.1, -0.05) is 17.2 Å². The van der Waals surface area contributed by atoms with E-state index in [2.05, 4.69) is 0 Å². The van der Waals surface area contributed by atoms with Gasteiger partial charge in [-0.15, -0.1) is 0 Å². The van der Waals surface area contributed by atoms with Crippen LogP contribution >= 0.6 is 0 Å². The number of ether oxygens (including phenoxy) is 1. The Morgan fingerprint density at radius 1 is 1.04 bits per heavy atom. The van der Waals surface area contributed by atoms with Gasteiger partial charge in [-0.2, -0.15) is 0 Å². The molecule has 2 aromatic carbocycles. The van der Waals surface area contributed by atoms with Crippen LogP contribution in [0.3, 0.4) is 0 Å². The average molecular weight is 352 g/mol. The van der Waals surface area contributed by atoms with Crippen molar-refractivity contribution in [1.29, 1.82) is 0 Å². The Bertz CT molecular complexity index is 948. The molecule has 2 heterocycles. The number of fused-ring (bicyclic) bond motifs is 2. The van der Waals surface area contributed by atoms with Gasteiger partial charge in [-0.25, -0.2) is 4.79 Å². The maximum Gasteiger partial charge on any atom is 0.364 e. The van der Waals surface area contributed by atoms with E-state index in [1.54, 1.807) is 19.2 Å². The van der Waals surface area contributed by atoms with E-state index in [9.17, 15) is 19.2 Å². The molecule has 4 rings (SSSR count). The summed E-state index contributed by atoms with van der Waals surface area (Å²) in [5, 5.41) is 0.442. The lowest BCUT2D eigenvalue weighted by Gasteiger charge is -2.26. The minimum atomic E-state index is -0.895. The fourth-order valence-corrected chi connectivity index (χ4v) is 2.78. The molecule has 0 atom stereocenters. The van der Waals surface area contributed by atoms with Crippen molar-refractivity contribution in [3.63, 3.8) is 0 Å². The summed E-state index contributed by atoms with van der Waals surface area (Å²) in [7, 11) is 1.56. The van der Waals surface area contributed by atoms with Crippen LogP contribution < -0.4 is 9.64 Å². The molecule has 8 heteroatoms. The fourth-order valence-electron chi connectivity index (χ4n) is 2.78. The number of hydrogen-bond acceptors (Lipinski definition) is 6. The van der Waals surface area contributed by atoms with Crippen molar-refractivity contribution < 1.29 is 28.8 Å². The average Bonchev–Trinajstić information content (AvgIpc) is 2.90. The van der Waals surface area contributed by atoms with Gasteiger partial charge in [0.25, 0.3) is 17.7 Å². The molecule has 130 valence electrons. The number of hydroxylamine groups is 2. The van der Waals surface area contributed by atoms with Crippen molar-refractivity contribution >= 4 is 29.4 Å². The van der Waals surface area contributed by atoms with Crippen LogP contribution in [-0.4, -0.2) is 42.4 Å². The topological polar surface area (TPSA) is 93.2 Å². The molecule has 2 aromatic rings. The van der Waals surface area contributed by atoms with Crippen LogP contribution in [0.1, 0.15) is 31.1 Å². The Labute approximate surface area is 147 Å². The first-order valence-corrected chi connectivity index (χ1v) is 7.71. The second-order valence-electron chi connectivity index (χ2n) is 5.75. The highest BCUT2D eigenvalue weighted by Crippen LogP contribution is 2.32. The molecule has 0 saturated carbocycles. The molecule has 0 fully saturated rings. The van der Waals surface area contributed by atoms with Crippen LogP contribution in [0.5, 0.6) is 5.75 Å². The number of carbonyl (C=O) groups is 4. The summed E-state index contributed by atoms with van der Waals surface area (Å²) < 4.78 is 5.29. The maximum atomic E-state index is 12.4. The van der Waals surface area contributed by atoms with Gasteiger partial charge in [0, 0.05) is 7.05 Å². The van der Waals surface area contributed by atoms with Crippen LogP contribution in [0.4, 0.5) is 5.69 Å². The molecular weight excluding hydrogens is 340 g/mol. The van der Waals surface area contributed by atoms with E-state index < -0.39 is 17.8 Å². The second-order valence-corrected chi connectivity index (χ2v) is 5.75. The normalized spacial score (nSPS) is 15.5. The summed E-state index contributed by atoms with van der Waals surface area (Å²) in [6.07, 6.45) is 0. The minimum absolute atomic E-state index is 0.0745. The van der Waals surface area contributed by atoms with E-state index in [1.807, 2.05) is 0 Å². The van der Waals surface area contributed by atoms with Crippen LogP contribution in [0.15, 0.2) is 42.5 Å². The van der Waals surface area contributed by atoms with Gasteiger partial charge in [0.1, 0.15) is 5.75 Å². The maximum absolute atomic E-state index is 12.4. The molecule has 0 bridgehead atoms. The number of amides is 3. The van der Waals surface area contributed by atoms with E-state index in [-0.39, 0.29) is 29.2 Å². The third-order valence-electron chi connectivity index (χ3n) is 4.21. The van der Waals surface area contributed by atoms with Gasteiger partial charge >= 0.3 is 5.97 Å². The zero-order valence-electron chi connectivity index (χ0n) is 13.6. The Morgan fingerprint density at radius 2 is 1.69 bits per heavy atom. The molecule has 26 heavy (non-hydrogen) atoms. The molecule has 0 aromatic heterocycles. The fraction of sp³-hybridized carbons (Fsp3) is 0.111. The van der Waals surface area contributed by atoms with Crippen LogP contribution in [0, 0.1) is 0 Å². The van der Waals surface area contributed by atoms with E-state index in [1.165, 1.54) is 35.2 Å². The number of carbonyl (C=O) groups excluding carboxylic acids is 4. The summed E-state index contributed by atoms with van der Waals surface area (Å²) >= 11 is 0. The summed E-state index contributed by atoms with van der Waals surface area (Å²) in [5.41, 5.74) is 0.826. The number of anilines is 1. The third-order valence-corrected chi connectivity index (χ3v) is 4.21. The molecule has 0 saturated heterocycles. The number of likely N-dealkylation sites (N-methyl/N-ethyl adjacent to an activating group) is 1. The van der Waals surface area contributed by atoms with Crippen molar-refractivity contribution in [2.24, 2.45) is 0 Å². The monoisotopic (exact) mass is 352 g/mol. The van der Waals surface area contributed by atoms with Gasteiger partial charge in [-0.05, 0) is 30.3 Å². The molecule has 0 radical (unpaired) electrons. The first kappa shape index (κ1) is 15.8. The second kappa shape index (κ2) is 5.69. The van der Waals surface area contributed by atoms with Crippen molar-refractivity contribution in [1.82, 2.24) is 5.06 Å². The Hall–Kier alpha value is -3.68. The predicted octanol–water partition coefficient (Wildman–Crippen LogP) is 1.41. The highest BCUT2D eigenvalue weighted by atomic mass is 16.7. The Kier molecular flexibility index (Phi) is 3.47. The summed E-state index contributed by atoms with van der Waals surface area (Å²) in [4.78, 5) is 55.0. The molecule has 2 aliphatic heterocycles. The highest BCUT2D eigenvalue weighted by molar-refractivity contribution is 6.21.